The molecule has 0 bridgehead atoms. The van der Waals surface area contributed by atoms with Gasteiger partial charge in [-0.2, -0.15) is 0 Å². The highest BCUT2D eigenvalue weighted by molar-refractivity contribution is 8.68. The van der Waals surface area contributed by atoms with Crippen molar-refractivity contribution in [3.63, 3.8) is 0 Å². The van der Waals surface area contributed by atoms with Crippen molar-refractivity contribution >= 4 is 34.1 Å². The van der Waals surface area contributed by atoms with Crippen LogP contribution in [0.2, 0.25) is 5.02 Å². The Kier molecular flexibility index (Phi) is 3.43. The molecule has 0 aromatic heterocycles. The number of hydrogen-bond donors (Lipinski definition) is 1. The fourth-order valence-electron chi connectivity index (χ4n) is 0.722. The smallest absolute Gasteiger partial charge is 0.133 e. The molecule has 0 saturated heterocycles. The second-order valence-electron chi connectivity index (χ2n) is 1.89. The Morgan fingerprint density at radius 2 is 2.27 bits per heavy atom. The van der Waals surface area contributed by atoms with Crippen LogP contribution in [0.3, 0.4) is 0 Å². The van der Waals surface area contributed by atoms with E-state index in [0.717, 1.165) is 10.6 Å². The molecular formula is C7H7ClOS2. The van der Waals surface area contributed by atoms with E-state index in [1.54, 1.807) is 13.2 Å². The van der Waals surface area contributed by atoms with E-state index in [9.17, 15) is 0 Å². The molecular weight excluding hydrogens is 200 g/mol. The highest BCUT2D eigenvalue weighted by Gasteiger charge is 2.01. The van der Waals surface area contributed by atoms with E-state index in [-0.39, 0.29) is 0 Å². The second-order valence-corrected chi connectivity index (χ2v) is 3.49. The molecule has 0 fully saturated rings. The minimum atomic E-state index is 0.697. The van der Waals surface area contributed by atoms with E-state index in [2.05, 4.69) is 11.7 Å². The first-order chi connectivity index (χ1) is 5.27. The maximum atomic E-state index is 5.75. The van der Waals surface area contributed by atoms with Gasteiger partial charge in [-0.25, -0.2) is 0 Å². The molecule has 0 spiro atoms. The minimum absolute atomic E-state index is 0.697. The van der Waals surface area contributed by atoms with E-state index in [1.807, 2.05) is 12.1 Å². The molecule has 1 aromatic rings. The van der Waals surface area contributed by atoms with Crippen molar-refractivity contribution in [1.82, 2.24) is 0 Å². The van der Waals surface area contributed by atoms with Crippen molar-refractivity contribution in [3.8, 4) is 5.75 Å². The first kappa shape index (κ1) is 9.10. The maximum Gasteiger partial charge on any atom is 0.133 e. The summed E-state index contributed by atoms with van der Waals surface area (Å²) in [6.07, 6.45) is 0. The van der Waals surface area contributed by atoms with Gasteiger partial charge in [0, 0.05) is 5.02 Å². The molecule has 1 nitrogen and oxygen atoms in total. The molecule has 1 aromatic carbocycles. The molecule has 0 aliphatic rings. The third kappa shape index (κ3) is 2.22. The number of benzene rings is 1. The van der Waals surface area contributed by atoms with E-state index < -0.39 is 0 Å². The minimum Gasteiger partial charge on any atom is -0.496 e. The van der Waals surface area contributed by atoms with Crippen molar-refractivity contribution in [2.45, 2.75) is 4.90 Å². The molecule has 0 radical (unpaired) electrons. The molecule has 0 unspecified atom stereocenters. The summed E-state index contributed by atoms with van der Waals surface area (Å²) >= 11 is 9.81. The normalized spacial score (nSPS) is 9.73. The van der Waals surface area contributed by atoms with Gasteiger partial charge in [-0.1, -0.05) is 22.4 Å². The maximum absolute atomic E-state index is 5.75. The summed E-state index contributed by atoms with van der Waals surface area (Å²) in [7, 11) is 2.94. The molecule has 4 heteroatoms. The summed E-state index contributed by atoms with van der Waals surface area (Å²) < 4.78 is 5.06. The van der Waals surface area contributed by atoms with Gasteiger partial charge in [0.05, 0.1) is 12.0 Å². The number of methoxy groups -OCH3 is 1. The first-order valence-electron chi connectivity index (χ1n) is 2.93. The number of ether oxygens (including phenoxy) is 1. The number of thiol groups is 1. The molecule has 0 N–H and O–H groups in total. The highest BCUT2D eigenvalue weighted by Crippen LogP contribution is 2.33. The highest BCUT2D eigenvalue weighted by atomic mass is 35.5. The lowest BCUT2D eigenvalue weighted by molar-refractivity contribution is 0.405. The zero-order valence-corrected chi connectivity index (χ0v) is 8.34. The summed E-state index contributed by atoms with van der Waals surface area (Å²) in [4.78, 5) is 0.934. The Morgan fingerprint density at radius 1 is 1.55 bits per heavy atom. The first-order valence-corrected chi connectivity index (χ1v) is 5.17. The monoisotopic (exact) mass is 206 g/mol. The van der Waals surface area contributed by atoms with E-state index in [1.165, 1.54) is 10.8 Å². The van der Waals surface area contributed by atoms with Gasteiger partial charge >= 0.3 is 0 Å². The van der Waals surface area contributed by atoms with Gasteiger partial charge < -0.3 is 4.74 Å². The van der Waals surface area contributed by atoms with Gasteiger partial charge in [0.1, 0.15) is 5.75 Å². The van der Waals surface area contributed by atoms with Crippen molar-refractivity contribution in [3.05, 3.63) is 23.2 Å². The van der Waals surface area contributed by atoms with Crippen LogP contribution in [0.1, 0.15) is 0 Å². The summed E-state index contributed by atoms with van der Waals surface area (Å²) in [5.41, 5.74) is 0. The lowest BCUT2D eigenvalue weighted by Gasteiger charge is -2.04. The Balaban J connectivity index is 3.06. The van der Waals surface area contributed by atoms with Gasteiger partial charge in [0.15, 0.2) is 0 Å². The standard InChI is InChI=1S/C7H7ClOS2/c1-9-6-3-2-5(8)4-7(6)11-10/h2-4,10H,1H3. The predicted octanol–water partition coefficient (Wildman–Crippen LogP) is 3.29. The molecule has 1 rings (SSSR count). The summed E-state index contributed by atoms with van der Waals surface area (Å²) in [5.74, 6) is 0.800. The van der Waals surface area contributed by atoms with Gasteiger partial charge in [0.25, 0.3) is 0 Å². The van der Waals surface area contributed by atoms with Crippen LogP contribution in [0, 0.1) is 0 Å². The van der Waals surface area contributed by atoms with Crippen LogP contribution in [0.15, 0.2) is 23.1 Å². The molecule has 0 aliphatic heterocycles. The summed E-state index contributed by atoms with van der Waals surface area (Å²) in [6.45, 7) is 0. The zero-order valence-electron chi connectivity index (χ0n) is 5.87. The predicted molar refractivity (Wildman–Crippen MR) is 52.8 cm³/mol. The van der Waals surface area contributed by atoms with Crippen molar-refractivity contribution in [2.24, 2.45) is 0 Å². The van der Waals surface area contributed by atoms with Crippen molar-refractivity contribution < 1.29 is 4.74 Å². The van der Waals surface area contributed by atoms with Crippen LogP contribution in [0.25, 0.3) is 0 Å². The fourth-order valence-corrected chi connectivity index (χ4v) is 1.81. The quantitative estimate of drug-likeness (QED) is 0.588. The molecule has 60 valence electrons. The van der Waals surface area contributed by atoms with E-state index in [4.69, 9.17) is 16.3 Å². The topological polar surface area (TPSA) is 9.23 Å². The van der Waals surface area contributed by atoms with Gasteiger partial charge in [-0.3, -0.25) is 0 Å². The summed E-state index contributed by atoms with van der Waals surface area (Å²) in [5, 5.41) is 0.697. The van der Waals surface area contributed by atoms with Crippen LogP contribution >= 0.6 is 34.1 Å². The Hall–Kier alpha value is 0.01000. The lowest BCUT2D eigenvalue weighted by atomic mass is 10.3. The van der Waals surface area contributed by atoms with Crippen LogP contribution in [-0.2, 0) is 0 Å². The summed E-state index contributed by atoms with van der Waals surface area (Å²) in [6, 6.07) is 5.42. The molecule has 0 atom stereocenters. The van der Waals surface area contributed by atoms with Crippen LogP contribution < -0.4 is 4.74 Å². The average Bonchev–Trinajstić information content (AvgIpc) is 2.04. The second kappa shape index (κ2) is 4.14. The van der Waals surface area contributed by atoms with Gasteiger partial charge in [0.2, 0.25) is 0 Å². The third-order valence-corrected chi connectivity index (χ3v) is 2.56. The largest absolute Gasteiger partial charge is 0.496 e. The Bertz CT molecular complexity index is 252. The third-order valence-electron chi connectivity index (χ3n) is 1.22. The molecule has 11 heavy (non-hydrogen) atoms. The average molecular weight is 207 g/mol. The van der Waals surface area contributed by atoms with Crippen LogP contribution in [0.4, 0.5) is 0 Å². The Morgan fingerprint density at radius 3 is 2.82 bits per heavy atom. The molecule has 0 heterocycles. The molecule has 0 amide bonds. The van der Waals surface area contributed by atoms with Gasteiger partial charge in [-0.05, 0) is 18.2 Å². The molecule has 0 aliphatic carbocycles. The van der Waals surface area contributed by atoms with E-state index >= 15 is 0 Å². The van der Waals surface area contributed by atoms with Gasteiger partial charge in [-0.15, -0.1) is 11.7 Å². The fraction of sp³-hybridized carbons (Fsp3) is 0.143. The molecule has 0 saturated carbocycles. The van der Waals surface area contributed by atoms with Crippen LogP contribution in [-0.4, -0.2) is 7.11 Å². The number of halogens is 1. The lowest BCUT2D eigenvalue weighted by Crippen LogP contribution is -1.83. The van der Waals surface area contributed by atoms with E-state index in [0.29, 0.717) is 5.02 Å². The Labute approximate surface area is 79.9 Å². The van der Waals surface area contributed by atoms with Crippen LogP contribution in [0.5, 0.6) is 5.75 Å². The SMILES string of the molecule is COc1ccc(Cl)cc1SS. The van der Waals surface area contributed by atoms with Crippen molar-refractivity contribution in [2.75, 3.05) is 7.11 Å². The zero-order chi connectivity index (χ0) is 8.27. The number of rotatable bonds is 2. The van der Waals surface area contributed by atoms with Crippen molar-refractivity contribution in [1.29, 1.82) is 0 Å². The number of hydrogen-bond acceptors (Lipinski definition) is 3.